The molecule has 0 saturated heterocycles. The van der Waals surface area contributed by atoms with Gasteiger partial charge in [-0.3, -0.25) is 0 Å². The van der Waals surface area contributed by atoms with Crippen LogP contribution in [0.2, 0.25) is 0 Å². The Morgan fingerprint density at radius 2 is 1.31 bits per heavy atom. The van der Waals surface area contributed by atoms with Gasteiger partial charge in [0.1, 0.15) is 11.5 Å². The van der Waals surface area contributed by atoms with E-state index in [1.165, 1.54) is 0 Å². The van der Waals surface area contributed by atoms with Crippen LogP contribution in [0.3, 0.4) is 0 Å². The van der Waals surface area contributed by atoms with E-state index in [4.69, 9.17) is 14.2 Å². The summed E-state index contributed by atoms with van der Waals surface area (Å²) in [6.07, 6.45) is 0. The fraction of sp³-hybridized carbons (Fsp3) is 0.167. The van der Waals surface area contributed by atoms with Crippen LogP contribution < -0.4 is 14.2 Å². The van der Waals surface area contributed by atoms with Crippen molar-refractivity contribution in [3.63, 3.8) is 0 Å². The number of fused-ring (bicyclic) bond motifs is 2. The summed E-state index contributed by atoms with van der Waals surface area (Å²) in [6, 6.07) is 12.6. The van der Waals surface area contributed by atoms with Crippen LogP contribution in [0.1, 0.15) is 20.8 Å². The Morgan fingerprint density at radius 1 is 0.793 bits per heavy atom. The molecule has 29 heavy (non-hydrogen) atoms. The minimum atomic E-state index is -0.547. The second-order valence-electron chi connectivity index (χ2n) is 6.66. The second-order valence-corrected chi connectivity index (χ2v) is 6.66. The fourth-order valence-electron chi connectivity index (χ4n) is 2.96. The van der Waals surface area contributed by atoms with E-state index in [-0.39, 0.29) is 11.1 Å². The third-order valence-corrected chi connectivity index (χ3v) is 4.30. The molecule has 0 radical (unpaired) electrons. The highest BCUT2D eigenvalue weighted by Crippen LogP contribution is 2.46. The first-order chi connectivity index (χ1) is 13.8. The number of rotatable bonds is 6. The predicted molar refractivity (Wildman–Crippen MR) is 114 cm³/mol. The van der Waals surface area contributed by atoms with Gasteiger partial charge in [-0.2, -0.15) is 0 Å². The number of carbonyl (C=O) groups excluding carboxylic acids is 2. The highest BCUT2D eigenvalue weighted by molar-refractivity contribution is 6.15. The van der Waals surface area contributed by atoms with Gasteiger partial charge in [0.15, 0.2) is 5.75 Å². The summed E-state index contributed by atoms with van der Waals surface area (Å²) >= 11 is 0. The lowest BCUT2D eigenvalue weighted by atomic mass is 9.99. The van der Waals surface area contributed by atoms with Gasteiger partial charge in [-0.1, -0.05) is 49.6 Å². The van der Waals surface area contributed by atoms with Crippen molar-refractivity contribution in [1.29, 1.82) is 0 Å². The van der Waals surface area contributed by atoms with Crippen LogP contribution in [-0.4, -0.2) is 18.5 Å². The van der Waals surface area contributed by atoms with Crippen LogP contribution >= 0.6 is 0 Å². The number of benzene rings is 3. The van der Waals surface area contributed by atoms with Crippen molar-refractivity contribution in [2.45, 2.75) is 20.8 Å². The van der Waals surface area contributed by atoms with E-state index >= 15 is 0 Å². The topological polar surface area (TPSA) is 61.8 Å². The monoisotopic (exact) mass is 390 g/mol. The molecule has 3 aromatic rings. The molecule has 0 amide bonds. The Labute approximate surface area is 169 Å². The summed E-state index contributed by atoms with van der Waals surface area (Å²) in [5.41, 5.74) is 0.551. The normalized spacial score (nSPS) is 10.6. The van der Waals surface area contributed by atoms with Gasteiger partial charge in [0, 0.05) is 27.3 Å². The molecule has 5 heteroatoms. The molecule has 148 valence electrons. The fourth-order valence-corrected chi connectivity index (χ4v) is 2.96. The molecular formula is C24H22O5. The lowest BCUT2D eigenvalue weighted by Crippen LogP contribution is -2.11. The minimum absolute atomic E-state index is 0.272. The highest BCUT2D eigenvalue weighted by Gasteiger charge is 2.23. The first kappa shape index (κ1) is 20.1. The van der Waals surface area contributed by atoms with Crippen LogP contribution in [0.15, 0.2) is 66.8 Å². The van der Waals surface area contributed by atoms with E-state index < -0.39 is 11.9 Å². The van der Waals surface area contributed by atoms with Crippen LogP contribution in [0.5, 0.6) is 17.2 Å². The van der Waals surface area contributed by atoms with Crippen LogP contribution in [-0.2, 0) is 9.59 Å². The van der Waals surface area contributed by atoms with Crippen molar-refractivity contribution >= 4 is 33.5 Å². The average molecular weight is 390 g/mol. The molecule has 0 heterocycles. The molecule has 0 aliphatic carbocycles. The van der Waals surface area contributed by atoms with E-state index in [1.54, 1.807) is 44.2 Å². The first-order valence-electron chi connectivity index (χ1n) is 9.20. The van der Waals surface area contributed by atoms with Gasteiger partial charge in [0.25, 0.3) is 0 Å². The van der Waals surface area contributed by atoms with E-state index in [0.717, 1.165) is 0 Å². The van der Waals surface area contributed by atoms with Gasteiger partial charge in [-0.05, 0) is 26.8 Å². The molecule has 0 bridgehead atoms. The van der Waals surface area contributed by atoms with Gasteiger partial charge < -0.3 is 14.2 Å². The molecule has 0 aromatic heterocycles. The lowest BCUT2D eigenvalue weighted by molar-refractivity contribution is -0.130. The van der Waals surface area contributed by atoms with E-state index in [2.05, 4.69) is 13.2 Å². The maximum absolute atomic E-state index is 12.4. The van der Waals surface area contributed by atoms with Gasteiger partial charge in [0.05, 0.1) is 12.0 Å². The number of ether oxygens (including phenoxy) is 3. The Hall–Kier alpha value is -3.60. The average Bonchev–Trinajstić information content (AvgIpc) is 2.70. The van der Waals surface area contributed by atoms with Crippen molar-refractivity contribution in [3.05, 3.63) is 66.8 Å². The van der Waals surface area contributed by atoms with Crippen LogP contribution in [0.4, 0.5) is 0 Å². The summed E-state index contributed by atoms with van der Waals surface area (Å²) < 4.78 is 17.2. The SMILES string of the molecule is C=C(C)C(=O)Oc1c2ccccc2c(OC(=O)C(=C)C)c2c(OCC)cccc12. The molecule has 3 aromatic carbocycles. The molecule has 0 aliphatic heterocycles. The largest absolute Gasteiger partial charge is 0.493 e. The van der Waals surface area contributed by atoms with Crippen molar-refractivity contribution in [2.24, 2.45) is 0 Å². The lowest BCUT2D eigenvalue weighted by Gasteiger charge is -2.18. The Bertz CT molecular complexity index is 1160. The second kappa shape index (κ2) is 8.19. The third-order valence-electron chi connectivity index (χ3n) is 4.30. The molecule has 0 spiro atoms. The van der Waals surface area contributed by atoms with Gasteiger partial charge >= 0.3 is 11.9 Å². The molecule has 5 nitrogen and oxygen atoms in total. The minimum Gasteiger partial charge on any atom is -0.493 e. The molecule has 0 unspecified atom stereocenters. The van der Waals surface area contributed by atoms with E-state index in [1.807, 2.05) is 19.1 Å². The standard InChI is InChI=1S/C24H22O5/c1-6-27-19-13-9-12-18-20(19)22(29-24(26)15(4)5)17-11-8-7-10-16(17)21(18)28-23(25)14(2)3/h7-13H,2,4,6H2,1,3,5H3. The number of carbonyl (C=O) groups is 2. The van der Waals surface area contributed by atoms with Crippen molar-refractivity contribution in [2.75, 3.05) is 6.61 Å². The summed E-state index contributed by atoms with van der Waals surface area (Å²) in [4.78, 5) is 24.7. The van der Waals surface area contributed by atoms with Crippen molar-refractivity contribution in [3.8, 4) is 17.2 Å². The zero-order valence-corrected chi connectivity index (χ0v) is 16.7. The maximum atomic E-state index is 12.4. The quantitative estimate of drug-likeness (QED) is 0.246. The van der Waals surface area contributed by atoms with E-state index in [9.17, 15) is 9.59 Å². The zero-order chi connectivity index (χ0) is 21.1. The third kappa shape index (κ3) is 3.85. The summed E-state index contributed by atoms with van der Waals surface area (Å²) in [5.74, 6) is 0.135. The number of hydrogen-bond donors (Lipinski definition) is 0. The summed E-state index contributed by atoms with van der Waals surface area (Å²) in [7, 11) is 0. The maximum Gasteiger partial charge on any atom is 0.338 e. The van der Waals surface area contributed by atoms with Crippen LogP contribution in [0, 0.1) is 0 Å². The molecular weight excluding hydrogens is 368 g/mol. The summed E-state index contributed by atoms with van der Waals surface area (Å²) in [6.45, 7) is 12.8. The van der Waals surface area contributed by atoms with E-state index in [0.29, 0.717) is 45.4 Å². The Kier molecular flexibility index (Phi) is 5.69. The van der Waals surface area contributed by atoms with Gasteiger partial charge in [-0.25, -0.2) is 9.59 Å². The summed E-state index contributed by atoms with van der Waals surface area (Å²) in [5, 5.41) is 2.39. The number of hydrogen-bond acceptors (Lipinski definition) is 5. The smallest absolute Gasteiger partial charge is 0.338 e. The molecule has 3 rings (SSSR count). The molecule has 0 saturated carbocycles. The molecule has 0 atom stereocenters. The van der Waals surface area contributed by atoms with Crippen molar-refractivity contribution in [1.82, 2.24) is 0 Å². The first-order valence-corrected chi connectivity index (χ1v) is 9.20. The predicted octanol–water partition coefficient (Wildman–Crippen LogP) is 5.35. The Balaban J connectivity index is 2.44. The molecule has 0 aliphatic rings. The molecule has 0 N–H and O–H groups in total. The highest BCUT2D eigenvalue weighted by atomic mass is 16.5. The number of esters is 2. The van der Waals surface area contributed by atoms with Gasteiger partial charge in [-0.15, -0.1) is 0 Å². The molecule has 0 fully saturated rings. The van der Waals surface area contributed by atoms with Crippen molar-refractivity contribution < 1.29 is 23.8 Å². The van der Waals surface area contributed by atoms with Crippen LogP contribution in [0.25, 0.3) is 21.5 Å². The van der Waals surface area contributed by atoms with Gasteiger partial charge in [0.2, 0.25) is 0 Å². The zero-order valence-electron chi connectivity index (χ0n) is 16.7. The Morgan fingerprint density at radius 3 is 1.86 bits per heavy atom.